The molecule has 0 bridgehead atoms. The lowest BCUT2D eigenvalue weighted by molar-refractivity contribution is -0.116. The summed E-state index contributed by atoms with van der Waals surface area (Å²) in [5, 5.41) is 2.69. The van der Waals surface area contributed by atoms with Crippen LogP contribution in [0, 0.1) is 0 Å². The molecule has 3 rings (SSSR count). The van der Waals surface area contributed by atoms with E-state index in [1.807, 2.05) is 24.3 Å². The minimum Gasteiger partial charge on any atom is -0.497 e. The van der Waals surface area contributed by atoms with Gasteiger partial charge in [0, 0.05) is 17.9 Å². The van der Waals surface area contributed by atoms with Gasteiger partial charge in [-0.05, 0) is 17.7 Å². The van der Waals surface area contributed by atoms with Crippen molar-refractivity contribution in [3.05, 3.63) is 35.4 Å². The average molecular weight is 285 g/mol. The fourth-order valence-electron chi connectivity index (χ4n) is 2.56. The summed E-state index contributed by atoms with van der Waals surface area (Å²) in [7, 11) is 1.60. The minimum absolute atomic E-state index is 0.0397. The van der Waals surface area contributed by atoms with Crippen molar-refractivity contribution in [1.82, 2.24) is 9.97 Å². The molecule has 0 saturated carbocycles. The molecule has 0 spiro atoms. The van der Waals surface area contributed by atoms with E-state index in [1.165, 1.54) is 0 Å². The van der Waals surface area contributed by atoms with Gasteiger partial charge in [-0.15, -0.1) is 0 Å². The van der Waals surface area contributed by atoms with Gasteiger partial charge >= 0.3 is 0 Å². The molecule has 0 aliphatic carbocycles. The quantitative estimate of drug-likeness (QED) is 0.761. The van der Waals surface area contributed by atoms with Crippen LogP contribution in [-0.4, -0.2) is 23.0 Å². The van der Waals surface area contributed by atoms with E-state index >= 15 is 0 Å². The van der Waals surface area contributed by atoms with E-state index in [2.05, 4.69) is 15.3 Å². The second kappa shape index (κ2) is 4.93. The number of methoxy groups -OCH3 is 1. The van der Waals surface area contributed by atoms with Gasteiger partial charge in [0.25, 0.3) is 0 Å². The molecule has 0 fully saturated rings. The zero-order chi connectivity index (χ0) is 15.0. The summed E-state index contributed by atoms with van der Waals surface area (Å²) < 4.78 is 5.23. The molecule has 1 aliphatic rings. The first-order chi connectivity index (χ1) is 10.1. The lowest BCUT2D eigenvalue weighted by atomic mass is 9.86. The summed E-state index contributed by atoms with van der Waals surface area (Å²) in [4.78, 5) is 20.0. The average Bonchev–Trinajstić information content (AvgIpc) is 2.45. The number of nitrogen functional groups attached to an aromatic ring is 2. The van der Waals surface area contributed by atoms with Crippen LogP contribution in [0.4, 0.5) is 17.6 Å². The van der Waals surface area contributed by atoms with Gasteiger partial charge in [-0.2, -0.15) is 9.97 Å². The maximum absolute atomic E-state index is 11.9. The first-order valence-corrected chi connectivity index (χ1v) is 6.45. The molecular weight excluding hydrogens is 270 g/mol. The normalized spacial score (nSPS) is 17.0. The third-order valence-electron chi connectivity index (χ3n) is 3.48. The smallest absolute Gasteiger partial charge is 0.226 e. The third kappa shape index (κ3) is 2.33. The Hall–Kier alpha value is -2.83. The Kier molecular flexibility index (Phi) is 3.09. The molecule has 2 aromatic rings. The van der Waals surface area contributed by atoms with Crippen molar-refractivity contribution < 1.29 is 9.53 Å². The van der Waals surface area contributed by atoms with Gasteiger partial charge in [-0.25, -0.2) is 0 Å². The number of anilines is 3. The Balaban J connectivity index is 2.14. The van der Waals surface area contributed by atoms with Gasteiger partial charge in [0.2, 0.25) is 11.9 Å². The number of nitrogens with one attached hydrogen (secondary N) is 1. The summed E-state index contributed by atoms with van der Waals surface area (Å²) in [5.74, 6) is 1.07. The molecule has 21 heavy (non-hydrogen) atoms. The summed E-state index contributed by atoms with van der Waals surface area (Å²) in [6.07, 6.45) is 0.275. The largest absolute Gasteiger partial charge is 0.497 e. The molecule has 7 nitrogen and oxygen atoms in total. The second-order valence-corrected chi connectivity index (χ2v) is 4.81. The van der Waals surface area contributed by atoms with E-state index < -0.39 is 0 Å². The zero-order valence-electron chi connectivity index (χ0n) is 11.5. The molecule has 1 atom stereocenters. The van der Waals surface area contributed by atoms with E-state index in [4.69, 9.17) is 16.2 Å². The van der Waals surface area contributed by atoms with E-state index in [1.54, 1.807) is 7.11 Å². The lowest BCUT2D eigenvalue weighted by Gasteiger charge is -2.26. The number of hydrogen-bond donors (Lipinski definition) is 3. The molecule has 108 valence electrons. The predicted molar refractivity (Wildman–Crippen MR) is 78.9 cm³/mol. The molecule has 1 unspecified atom stereocenters. The van der Waals surface area contributed by atoms with E-state index in [0.717, 1.165) is 11.3 Å². The highest BCUT2D eigenvalue weighted by Crippen LogP contribution is 2.39. The Morgan fingerprint density at radius 3 is 2.90 bits per heavy atom. The van der Waals surface area contributed by atoms with Crippen molar-refractivity contribution >= 4 is 23.5 Å². The van der Waals surface area contributed by atoms with Crippen LogP contribution in [0.25, 0.3) is 0 Å². The standard InChI is InChI=1S/C14H15N5O2/c1-21-8-4-2-3-7(5-8)9-6-10(20)17-13-11(9)12(15)18-14(16)19-13/h2-5,9H,6H2,1H3,(H5,15,16,17,18,19,20). The molecule has 0 saturated heterocycles. The predicted octanol–water partition coefficient (Wildman–Crippen LogP) is 1.12. The van der Waals surface area contributed by atoms with Crippen LogP contribution in [0.15, 0.2) is 24.3 Å². The maximum Gasteiger partial charge on any atom is 0.226 e. The van der Waals surface area contributed by atoms with Gasteiger partial charge in [0.1, 0.15) is 17.4 Å². The van der Waals surface area contributed by atoms with Crippen LogP contribution < -0.4 is 21.5 Å². The summed E-state index contributed by atoms with van der Waals surface area (Å²) >= 11 is 0. The van der Waals surface area contributed by atoms with Crippen molar-refractivity contribution in [3.63, 3.8) is 0 Å². The number of benzene rings is 1. The van der Waals surface area contributed by atoms with Crippen LogP contribution in [0.1, 0.15) is 23.5 Å². The number of rotatable bonds is 2. The second-order valence-electron chi connectivity index (χ2n) is 4.81. The molecule has 1 aliphatic heterocycles. The Morgan fingerprint density at radius 2 is 2.14 bits per heavy atom. The SMILES string of the molecule is COc1cccc(C2CC(=O)Nc3nc(N)nc(N)c32)c1. The fourth-order valence-corrected chi connectivity index (χ4v) is 2.56. The molecule has 1 amide bonds. The summed E-state index contributed by atoms with van der Waals surface area (Å²) in [5.41, 5.74) is 13.2. The topological polar surface area (TPSA) is 116 Å². The Bertz CT molecular complexity index is 717. The van der Waals surface area contributed by atoms with Crippen molar-refractivity contribution in [2.45, 2.75) is 12.3 Å². The molecule has 2 heterocycles. The van der Waals surface area contributed by atoms with Crippen LogP contribution in [0.2, 0.25) is 0 Å². The van der Waals surface area contributed by atoms with Gasteiger partial charge in [0.15, 0.2) is 0 Å². The van der Waals surface area contributed by atoms with Crippen LogP contribution in [-0.2, 0) is 4.79 Å². The van der Waals surface area contributed by atoms with E-state index in [0.29, 0.717) is 11.4 Å². The number of fused-ring (bicyclic) bond motifs is 1. The molecule has 0 radical (unpaired) electrons. The van der Waals surface area contributed by atoms with E-state index in [9.17, 15) is 4.79 Å². The Morgan fingerprint density at radius 1 is 1.33 bits per heavy atom. The van der Waals surface area contributed by atoms with E-state index in [-0.39, 0.29) is 30.0 Å². The molecule has 1 aromatic carbocycles. The van der Waals surface area contributed by atoms with Gasteiger partial charge in [-0.3, -0.25) is 4.79 Å². The third-order valence-corrected chi connectivity index (χ3v) is 3.48. The summed E-state index contributed by atoms with van der Waals surface area (Å²) in [6.45, 7) is 0. The van der Waals surface area contributed by atoms with Crippen LogP contribution >= 0.6 is 0 Å². The van der Waals surface area contributed by atoms with Crippen molar-refractivity contribution in [2.75, 3.05) is 23.9 Å². The number of hydrogen-bond acceptors (Lipinski definition) is 6. The highest BCUT2D eigenvalue weighted by Gasteiger charge is 2.30. The molecule has 1 aromatic heterocycles. The van der Waals surface area contributed by atoms with Crippen LogP contribution in [0.3, 0.4) is 0 Å². The monoisotopic (exact) mass is 285 g/mol. The number of carbonyl (C=O) groups excluding carboxylic acids is 1. The fraction of sp³-hybridized carbons (Fsp3) is 0.214. The van der Waals surface area contributed by atoms with Gasteiger partial charge in [-0.1, -0.05) is 12.1 Å². The first-order valence-electron chi connectivity index (χ1n) is 6.45. The van der Waals surface area contributed by atoms with Crippen LogP contribution in [0.5, 0.6) is 5.75 Å². The highest BCUT2D eigenvalue weighted by atomic mass is 16.5. The number of carbonyl (C=O) groups is 1. The van der Waals surface area contributed by atoms with Crippen molar-refractivity contribution in [3.8, 4) is 5.75 Å². The highest BCUT2D eigenvalue weighted by molar-refractivity contribution is 5.95. The number of nitrogens with zero attached hydrogens (tertiary/aromatic N) is 2. The number of amides is 1. The minimum atomic E-state index is -0.218. The zero-order valence-corrected chi connectivity index (χ0v) is 11.5. The number of nitrogens with two attached hydrogens (primary N) is 2. The Labute approximate surface area is 121 Å². The van der Waals surface area contributed by atoms with Gasteiger partial charge in [0.05, 0.1) is 7.11 Å². The number of ether oxygens (including phenoxy) is 1. The lowest BCUT2D eigenvalue weighted by Crippen LogP contribution is -2.26. The molecular formula is C14H15N5O2. The van der Waals surface area contributed by atoms with Gasteiger partial charge < -0.3 is 21.5 Å². The summed E-state index contributed by atoms with van der Waals surface area (Å²) in [6, 6.07) is 7.51. The number of aromatic nitrogens is 2. The van der Waals surface area contributed by atoms with Crippen molar-refractivity contribution in [1.29, 1.82) is 0 Å². The first kappa shape index (κ1) is 13.2. The maximum atomic E-state index is 11.9. The molecule has 7 heteroatoms. The molecule has 5 N–H and O–H groups in total. The van der Waals surface area contributed by atoms with Crippen molar-refractivity contribution in [2.24, 2.45) is 0 Å².